The molecule has 2 fully saturated rings. The predicted molar refractivity (Wildman–Crippen MR) is 102 cm³/mol. The highest BCUT2D eigenvalue weighted by molar-refractivity contribution is 5.86. The van der Waals surface area contributed by atoms with E-state index in [0.29, 0.717) is 13.0 Å². The number of nitrogens with one attached hydrogen (secondary N) is 1. The lowest BCUT2D eigenvalue weighted by molar-refractivity contribution is -0.143. The van der Waals surface area contributed by atoms with Gasteiger partial charge in [-0.15, -0.1) is 0 Å². The van der Waals surface area contributed by atoms with Gasteiger partial charge in [-0.1, -0.05) is 60.7 Å². The molecular weight excluding hydrogens is 340 g/mol. The van der Waals surface area contributed by atoms with E-state index in [0.717, 1.165) is 12.0 Å². The first-order valence-electron chi connectivity index (χ1n) is 9.39. The molecule has 4 rings (SSSR count). The van der Waals surface area contributed by atoms with Crippen molar-refractivity contribution in [2.45, 2.75) is 37.5 Å². The standard InChI is InChI=1S/C22H24N2O3/c1-27-22(26)18-13-17-20(23-18)19(12-15-8-4-2-5-9-15)24(21(17)25)14-16-10-6-3-7-11-16/h2-11,17-20,23H,12-14H2,1H3/t17-,18+,19-,20+/m0/s1. The SMILES string of the molecule is COC(=O)[C@H]1C[C@@H]2C(=O)N(Cc3ccccc3)[C@@H](Cc3ccccc3)[C@@H]2N1. The van der Waals surface area contributed by atoms with E-state index in [1.807, 2.05) is 53.4 Å². The molecule has 140 valence electrons. The fraction of sp³-hybridized carbons (Fsp3) is 0.364. The number of carbonyl (C=O) groups is 2. The van der Waals surface area contributed by atoms with Gasteiger partial charge < -0.3 is 9.64 Å². The van der Waals surface area contributed by atoms with Crippen molar-refractivity contribution in [3.05, 3.63) is 71.8 Å². The maximum atomic E-state index is 13.2. The third-order valence-corrected chi connectivity index (χ3v) is 5.70. The Morgan fingerprint density at radius 2 is 1.70 bits per heavy atom. The van der Waals surface area contributed by atoms with Crippen LogP contribution in [0.5, 0.6) is 0 Å². The molecule has 0 radical (unpaired) electrons. The first-order chi connectivity index (χ1) is 13.2. The van der Waals surface area contributed by atoms with Crippen LogP contribution in [-0.2, 0) is 27.3 Å². The first kappa shape index (κ1) is 17.7. The van der Waals surface area contributed by atoms with Crippen molar-refractivity contribution in [2.24, 2.45) is 5.92 Å². The van der Waals surface area contributed by atoms with Crippen molar-refractivity contribution in [2.75, 3.05) is 7.11 Å². The van der Waals surface area contributed by atoms with Gasteiger partial charge in [-0.3, -0.25) is 14.9 Å². The van der Waals surface area contributed by atoms with E-state index in [4.69, 9.17) is 4.74 Å². The second kappa shape index (κ2) is 7.53. The number of rotatable bonds is 5. The van der Waals surface area contributed by atoms with Crippen molar-refractivity contribution in [3.8, 4) is 0 Å². The highest BCUT2D eigenvalue weighted by atomic mass is 16.5. The normalized spacial score (nSPS) is 26.9. The van der Waals surface area contributed by atoms with E-state index in [1.54, 1.807) is 0 Å². The zero-order valence-corrected chi connectivity index (χ0v) is 15.4. The average Bonchev–Trinajstić information content (AvgIpc) is 3.24. The van der Waals surface area contributed by atoms with E-state index in [-0.39, 0.29) is 29.9 Å². The van der Waals surface area contributed by atoms with E-state index >= 15 is 0 Å². The minimum absolute atomic E-state index is 0.0137. The first-order valence-corrected chi connectivity index (χ1v) is 9.39. The van der Waals surface area contributed by atoms with Crippen LogP contribution in [0, 0.1) is 5.92 Å². The number of fused-ring (bicyclic) bond motifs is 1. The van der Waals surface area contributed by atoms with Crippen molar-refractivity contribution in [1.82, 2.24) is 10.2 Å². The molecule has 2 heterocycles. The number of likely N-dealkylation sites (tertiary alicyclic amines) is 1. The summed E-state index contributed by atoms with van der Waals surface area (Å²) in [6.07, 6.45) is 1.27. The second-order valence-corrected chi connectivity index (χ2v) is 7.32. The minimum Gasteiger partial charge on any atom is -0.468 e. The third kappa shape index (κ3) is 3.47. The van der Waals surface area contributed by atoms with Crippen LogP contribution in [0.3, 0.4) is 0 Å². The maximum absolute atomic E-state index is 13.2. The van der Waals surface area contributed by atoms with Crippen LogP contribution in [0.4, 0.5) is 0 Å². The summed E-state index contributed by atoms with van der Waals surface area (Å²) in [6, 6.07) is 19.9. The predicted octanol–water partition coefficient (Wildman–Crippen LogP) is 2.16. The van der Waals surface area contributed by atoms with Gasteiger partial charge in [0.1, 0.15) is 6.04 Å². The molecule has 2 aliphatic rings. The third-order valence-electron chi connectivity index (χ3n) is 5.70. The van der Waals surface area contributed by atoms with Crippen LogP contribution >= 0.6 is 0 Å². The molecule has 0 bridgehead atoms. The summed E-state index contributed by atoms with van der Waals surface area (Å²) >= 11 is 0. The Balaban J connectivity index is 1.60. The van der Waals surface area contributed by atoms with Crippen LogP contribution in [0.2, 0.25) is 0 Å². The number of methoxy groups -OCH3 is 1. The molecule has 0 saturated carbocycles. The molecule has 0 aromatic heterocycles. The van der Waals surface area contributed by atoms with Gasteiger partial charge in [0.2, 0.25) is 5.91 Å². The molecule has 5 nitrogen and oxygen atoms in total. The lowest BCUT2D eigenvalue weighted by atomic mass is 9.95. The number of carbonyl (C=O) groups excluding carboxylic acids is 2. The lowest BCUT2D eigenvalue weighted by Gasteiger charge is -2.29. The van der Waals surface area contributed by atoms with Gasteiger partial charge in [0, 0.05) is 12.6 Å². The van der Waals surface area contributed by atoms with Crippen molar-refractivity contribution >= 4 is 11.9 Å². The molecule has 2 aliphatic heterocycles. The molecule has 27 heavy (non-hydrogen) atoms. The summed E-state index contributed by atoms with van der Waals surface area (Å²) in [5, 5.41) is 3.38. The van der Waals surface area contributed by atoms with Gasteiger partial charge in [-0.2, -0.15) is 0 Å². The molecule has 0 spiro atoms. The highest BCUT2D eigenvalue weighted by Gasteiger charge is 2.53. The van der Waals surface area contributed by atoms with E-state index in [1.165, 1.54) is 12.7 Å². The van der Waals surface area contributed by atoms with E-state index < -0.39 is 6.04 Å². The number of benzene rings is 2. The van der Waals surface area contributed by atoms with Crippen LogP contribution in [-0.4, -0.2) is 42.0 Å². The fourth-order valence-electron chi connectivity index (χ4n) is 4.40. The fourth-order valence-corrected chi connectivity index (χ4v) is 4.40. The zero-order chi connectivity index (χ0) is 18.8. The Labute approximate surface area is 159 Å². The summed E-state index contributed by atoms with van der Waals surface area (Å²) in [5.41, 5.74) is 2.31. The van der Waals surface area contributed by atoms with Gasteiger partial charge >= 0.3 is 5.97 Å². The summed E-state index contributed by atoms with van der Waals surface area (Å²) in [5.74, 6) is -0.333. The zero-order valence-electron chi connectivity index (χ0n) is 15.4. The molecule has 1 amide bonds. The van der Waals surface area contributed by atoms with Crippen molar-refractivity contribution in [1.29, 1.82) is 0 Å². The summed E-state index contributed by atoms with van der Waals surface area (Å²) in [6.45, 7) is 0.592. The van der Waals surface area contributed by atoms with Crippen LogP contribution in [0.15, 0.2) is 60.7 Å². The molecule has 5 heteroatoms. The number of hydrogen-bond donors (Lipinski definition) is 1. The Kier molecular flexibility index (Phi) is 4.94. The Morgan fingerprint density at radius 3 is 2.33 bits per heavy atom. The number of esters is 1. The van der Waals surface area contributed by atoms with Crippen LogP contribution in [0.1, 0.15) is 17.5 Å². The van der Waals surface area contributed by atoms with Crippen molar-refractivity contribution in [3.63, 3.8) is 0 Å². The van der Waals surface area contributed by atoms with Crippen LogP contribution < -0.4 is 5.32 Å². The monoisotopic (exact) mass is 364 g/mol. The number of ether oxygens (including phenoxy) is 1. The Hall–Kier alpha value is -2.66. The lowest BCUT2D eigenvalue weighted by Crippen LogP contribution is -2.47. The number of nitrogens with zero attached hydrogens (tertiary/aromatic N) is 1. The minimum atomic E-state index is -0.397. The van der Waals surface area contributed by atoms with Crippen molar-refractivity contribution < 1.29 is 14.3 Å². The number of amides is 1. The van der Waals surface area contributed by atoms with Crippen LogP contribution in [0.25, 0.3) is 0 Å². The van der Waals surface area contributed by atoms with Gasteiger partial charge in [-0.05, 0) is 24.0 Å². The van der Waals surface area contributed by atoms with Gasteiger partial charge in [0.25, 0.3) is 0 Å². The van der Waals surface area contributed by atoms with E-state index in [9.17, 15) is 9.59 Å². The maximum Gasteiger partial charge on any atom is 0.322 e. The highest BCUT2D eigenvalue weighted by Crippen LogP contribution is 2.36. The molecule has 2 saturated heterocycles. The molecule has 0 unspecified atom stereocenters. The Bertz CT molecular complexity index is 809. The molecule has 4 atom stereocenters. The molecule has 2 aromatic carbocycles. The summed E-state index contributed by atoms with van der Waals surface area (Å²) < 4.78 is 4.88. The summed E-state index contributed by atoms with van der Waals surface area (Å²) in [4.78, 5) is 27.1. The topological polar surface area (TPSA) is 58.6 Å². The summed E-state index contributed by atoms with van der Waals surface area (Å²) in [7, 11) is 1.39. The molecular formula is C22H24N2O3. The van der Waals surface area contributed by atoms with Gasteiger partial charge in [0.05, 0.1) is 19.1 Å². The number of hydrogen-bond acceptors (Lipinski definition) is 4. The van der Waals surface area contributed by atoms with Gasteiger partial charge in [-0.25, -0.2) is 0 Å². The largest absolute Gasteiger partial charge is 0.468 e. The van der Waals surface area contributed by atoms with E-state index in [2.05, 4.69) is 17.4 Å². The smallest absolute Gasteiger partial charge is 0.322 e. The average molecular weight is 364 g/mol. The Morgan fingerprint density at radius 1 is 1.07 bits per heavy atom. The molecule has 1 N–H and O–H groups in total. The molecule has 0 aliphatic carbocycles. The van der Waals surface area contributed by atoms with Gasteiger partial charge in [0.15, 0.2) is 0 Å². The second-order valence-electron chi connectivity index (χ2n) is 7.32. The molecule has 2 aromatic rings. The quantitative estimate of drug-likeness (QED) is 0.826.